The highest BCUT2D eigenvalue weighted by molar-refractivity contribution is 6.31. The van der Waals surface area contributed by atoms with Crippen molar-refractivity contribution in [1.82, 2.24) is 14.8 Å². The van der Waals surface area contributed by atoms with Crippen molar-refractivity contribution >= 4 is 51.1 Å². The van der Waals surface area contributed by atoms with E-state index in [1.54, 1.807) is 13.2 Å². The third kappa shape index (κ3) is 5.23. The lowest BCUT2D eigenvalue weighted by atomic mass is 10.1. The highest BCUT2D eigenvalue weighted by atomic mass is 35.5. The minimum absolute atomic E-state index is 0.279. The van der Waals surface area contributed by atoms with Crippen molar-refractivity contribution in [3.05, 3.63) is 65.2 Å². The fourth-order valence-corrected chi connectivity index (χ4v) is 4.91. The number of hydrogen-bond acceptors (Lipinski definition) is 7. The Morgan fingerprint density at radius 3 is 2.58 bits per heavy atom. The Hall–Kier alpha value is -3.39. The molecule has 4 aromatic rings. The molecule has 1 saturated heterocycles. The molecule has 7 nitrogen and oxygen atoms in total. The number of anilines is 2. The number of aromatic hydroxyl groups is 1. The van der Waals surface area contributed by atoms with Crippen LogP contribution in [0.2, 0.25) is 5.02 Å². The SMILES string of the molecule is COc1ccc2nc3cc(Cl)ccc3c(Nc3ccc(O)c(CN4CCN(CCC=O)CC4)c3)c2c1. The Balaban J connectivity index is 1.44. The number of aldehydes is 1. The predicted molar refractivity (Wildman–Crippen MR) is 145 cm³/mol. The monoisotopic (exact) mass is 504 g/mol. The first-order valence-corrected chi connectivity index (χ1v) is 12.5. The van der Waals surface area contributed by atoms with Crippen LogP contribution in [-0.4, -0.2) is 66.0 Å². The minimum Gasteiger partial charge on any atom is -0.508 e. The molecule has 36 heavy (non-hydrogen) atoms. The quantitative estimate of drug-likeness (QED) is 0.194. The summed E-state index contributed by atoms with van der Waals surface area (Å²) < 4.78 is 5.47. The van der Waals surface area contributed by atoms with Crippen molar-refractivity contribution in [3.63, 3.8) is 0 Å². The number of phenolic OH excluding ortho intramolecular Hbond substituents is 1. The lowest BCUT2D eigenvalue weighted by molar-refractivity contribution is -0.108. The van der Waals surface area contributed by atoms with Crippen LogP contribution < -0.4 is 10.1 Å². The molecule has 8 heteroatoms. The molecule has 0 atom stereocenters. The van der Waals surface area contributed by atoms with Gasteiger partial charge < -0.3 is 24.9 Å². The van der Waals surface area contributed by atoms with Gasteiger partial charge in [-0.3, -0.25) is 4.90 Å². The van der Waals surface area contributed by atoms with E-state index in [9.17, 15) is 9.90 Å². The molecule has 0 saturated carbocycles. The van der Waals surface area contributed by atoms with E-state index in [0.29, 0.717) is 18.0 Å². The lowest BCUT2D eigenvalue weighted by Crippen LogP contribution is -2.46. The van der Waals surface area contributed by atoms with Crippen LogP contribution in [0, 0.1) is 0 Å². The van der Waals surface area contributed by atoms with Crippen LogP contribution in [0.1, 0.15) is 12.0 Å². The summed E-state index contributed by atoms with van der Waals surface area (Å²) in [6, 6.07) is 17.1. The molecule has 1 aromatic heterocycles. The number of piperazine rings is 1. The number of carbonyl (C=O) groups excluding carboxylic acids is 1. The zero-order valence-electron chi connectivity index (χ0n) is 20.2. The Kier molecular flexibility index (Phi) is 7.23. The number of pyridine rings is 1. The number of aromatic nitrogens is 1. The molecule has 186 valence electrons. The van der Waals surface area contributed by atoms with Gasteiger partial charge in [-0.2, -0.15) is 0 Å². The Morgan fingerprint density at radius 2 is 1.81 bits per heavy atom. The van der Waals surface area contributed by atoms with Gasteiger partial charge in [0.05, 0.1) is 23.8 Å². The Labute approximate surface area is 215 Å². The molecular formula is C28H29ClN4O3. The average molecular weight is 505 g/mol. The largest absolute Gasteiger partial charge is 0.508 e. The summed E-state index contributed by atoms with van der Waals surface area (Å²) in [5, 5.41) is 16.7. The topological polar surface area (TPSA) is 77.9 Å². The van der Waals surface area contributed by atoms with Crippen LogP contribution in [0.5, 0.6) is 11.5 Å². The minimum atomic E-state index is 0.279. The summed E-state index contributed by atoms with van der Waals surface area (Å²) in [7, 11) is 1.65. The second-order valence-corrected chi connectivity index (χ2v) is 9.51. The molecule has 0 spiro atoms. The molecule has 0 unspecified atom stereocenters. The van der Waals surface area contributed by atoms with Crippen LogP contribution in [0.15, 0.2) is 54.6 Å². The van der Waals surface area contributed by atoms with Gasteiger partial charge in [0.15, 0.2) is 0 Å². The van der Waals surface area contributed by atoms with Crippen molar-refractivity contribution in [1.29, 1.82) is 0 Å². The first-order chi connectivity index (χ1) is 17.5. The number of ether oxygens (including phenoxy) is 1. The van der Waals surface area contributed by atoms with Crippen LogP contribution >= 0.6 is 11.6 Å². The van der Waals surface area contributed by atoms with Gasteiger partial charge >= 0.3 is 0 Å². The molecule has 2 heterocycles. The van der Waals surface area contributed by atoms with Gasteiger partial charge in [-0.05, 0) is 54.6 Å². The maximum Gasteiger partial charge on any atom is 0.121 e. The van der Waals surface area contributed by atoms with Gasteiger partial charge in [-0.1, -0.05) is 11.6 Å². The number of nitrogens with one attached hydrogen (secondary N) is 1. The van der Waals surface area contributed by atoms with E-state index in [2.05, 4.69) is 15.1 Å². The third-order valence-corrected chi connectivity index (χ3v) is 6.95. The molecular weight excluding hydrogens is 476 g/mol. The third-order valence-electron chi connectivity index (χ3n) is 6.71. The van der Waals surface area contributed by atoms with Gasteiger partial charge in [0.1, 0.15) is 17.8 Å². The molecule has 0 amide bonds. The highest BCUT2D eigenvalue weighted by Gasteiger charge is 2.18. The van der Waals surface area contributed by atoms with Crippen molar-refractivity contribution in [2.75, 3.05) is 45.2 Å². The molecule has 1 aliphatic heterocycles. The maximum atomic E-state index is 10.7. The fourth-order valence-electron chi connectivity index (χ4n) is 4.74. The van der Waals surface area contributed by atoms with E-state index in [1.807, 2.05) is 48.5 Å². The zero-order valence-corrected chi connectivity index (χ0v) is 21.0. The molecule has 1 aliphatic rings. The standard InChI is InChI=1S/C28H29ClN4O3/c1-36-22-5-7-25-24(17-22)28(23-6-3-20(29)16-26(23)31-25)30-21-4-8-27(35)19(15-21)18-33-12-10-32(11-13-33)9-2-14-34/h3-8,14-17,35H,2,9-13,18H2,1H3,(H,30,31). The van der Waals surface area contributed by atoms with E-state index < -0.39 is 0 Å². The van der Waals surface area contributed by atoms with Crippen LogP contribution in [0.4, 0.5) is 11.4 Å². The van der Waals surface area contributed by atoms with Crippen molar-refractivity contribution in [2.24, 2.45) is 0 Å². The van der Waals surface area contributed by atoms with E-state index in [4.69, 9.17) is 21.3 Å². The summed E-state index contributed by atoms with van der Waals surface area (Å²) in [5.74, 6) is 1.03. The van der Waals surface area contributed by atoms with Crippen LogP contribution in [0.3, 0.4) is 0 Å². The van der Waals surface area contributed by atoms with E-state index in [0.717, 1.165) is 83.5 Å². The number of rotatable bonds is 8. The van der Waals surface area contributed by atoms with E-state index in [-0.39, 0.29) is 5.75 Å². The second-order valence-electron chi connectivity index (χ2n) is 9.07. The van der Waals surface area contributed by atoms with Gasteiger partial charge in [-0.25, -0.2) is 4.98 Å². The normalized spacial score (nSPS) is 14.8. The Morgan fingerprint density at radius 1 is 1.00 bits per heavy atom. The lowest BCUT2D eigenvalue weighted by Gasteiger charge is -2.34. The van der Waals surface area contributed by atoms with Crippen molar-refractivity contribution < 1.29 is 14.6 Å². The number of fused-ring (bicyclic) bond motifs is 2. The van der Waals surface area contributed by atoms with Crippen molar-refractivity contribution in [2.45, 2.75) is 13.0 Å². The second kappa shape index (κ2) is 10.7. The number of phenols is 1. The first-order valence-electron chi connectivity index (χ1n) is 12.1. The summed E-state index contributed by atoms with van der Waals surface area (Å²) in [5.41, 5.74) is 4.28. The first kappa shape index (κ1) is 24.3. The zero-order chi connectivity index (χ0) is 25.1. The van der Waals surface area contributed by atoms with E-state index in [1.165, 1.54) is 0 Å². The van der Waals surface area contributed by atoms with Gasteiger partial charge in [0.25, 0.3) is 0 Å². The number of methoxy groups -OCH3 is 1. The predicted octanol–water partition coefficient (Wildman–Crippen LogP) is 5.21. The molecule has 5 rings (SSSR count). The molecule has 2 N–H and O–H groups in total. The van der Waals surface area contributed by atoms with Gasteiger partial charge in [0, 0.05) is 72.7 Å². The molecule has 3 aromatic carbocycles. The summed E-state index contributed by atoms with van der Waals surface area (Å²) in [6.07, 6.45) is 1.55. The summed E-state index contributed by atoms with van der Waals surface area (Å²) in [4.78, 5) is 20.1. The van der Waals surface area contributed by atoms with Crippen LogP contribution in [0.25, 0.3) is 21.8 Å². The molecule has 0 bridgehead atoms. The van der Waals surface area contributed by atoms with Gasteiger partial charge in [-0.15, -0.1) is 0 Å². The van der Waals surface area contributed by atoms with Gasteiger partial charge in [0.2, 0.25) is 0 Å². The van der Waals surface area contributed by atoms with Crippen molar-refractivity contribution in [3.8, 4) is 11.5 Å². The molecule has 0 radical (unpaired) electrons. The van der Waals surface area contributed by atoms with Crippen LogP contribution in [-0.2, 0) is 11.3 Å². The number of carbonyl (C=O) groups is 1. The van der Waals surface area contributed by atoms with E-state index >= 15 is 0 Å². The number of halogens is 1. The summed E-state index contributed by atoms with van der Waals surface area (Å²) in [6.45, 7) is 5.11. The Bertz CT molecular complexity index is 1400. The number of nitrogens with zero attached hydrogens (tertiary/aromatic N) is 3. The summed E-state index contributed by atoms with van der Waals surface area (Å²) >= 11 is 6.26. The highest BCUT2D eigenvalue weighted by Crippen LogP contribution is 2.36. The maximum absolute atomic E-state index is 10.7. The number of benzene rings is 3. The molecule has 0 aliphatic carbocycles. The smallest absolute Gasteiger partial charge is 0.121 e. The average Bonchev–Trinajstić information content (AvgIpc) is 2.89. The molecule has 1 fully saturated rings. The number of hydrogen-bond donors (Lipinski definition) is 2. The fraction of sp³-hybridized carbons (Fsp3) is 0.286.